The molecule has 1 heterocycles. The van der Waals surface area contributed by atoms with Gasteiger partial charge in [0.05, 0.1) is 25.5 Å². The van der Waals surface area contributed by atoms with Gasteiger partial charge in [-0.2, -0.15) is 0 Å². The highest BCUT2D eigenvalue weighted by Crippen LogP contribution is 2.30. The average molecular weight is 333 g/mol. The summed E-state index contributed by atoms with van der Waals surface area (Å²) in [5, 5.41) is 3.51. The number of para-hydroxylation sites is 1. The molecular weight excluding hydrogens is 314 g/mol. The van der Waals surface area contributed by atoms with Crippen LogP contribution in [0.3, 0.4) is 0 Å². The van der Waals surface area contributed by atoms with Crippen LogP contribution >= 0.6 is 11.8 Å². The molecule has 2 rings (SSSR count). The summed E-state index contributed by atoms with van der Waals surface area (Å²) in [5.41, 5.74) is 1.95. The standard InChI is InChI=1S/C16H19N3O3S/c1-10-12(9-18-16(19-10)23-4)15(20)17-8-11-6-5-7-13(21-2)14(11)22-3/h5-7,9H,8H2,1-4H3,(H,17,20). The van der Waals surface area contributed by atoms with Crippen molar-refractivity contribution < 1.29 is 14.3 Å². The highest BCUT2D eigenvalue weighted by Gasteiger charge is 2.14. The second-order valence-electron chi connectivity index (χ2n) is 4.69. The highest BCUT2D eigenvalue weighted by atomic mass is 32.2. The first kappa shape index (κ1) is 17.1. The number of aryl methyl sites for hydroxylation is 1. The maximum absolute atomic E-state index is 12.3. The average Bonchev–Trinajstić information content (AvgIpc) is 2.58. The van der Waals surface area contributed by atoms with Crippen LogP contribution in [-0.2, 0) is 6.54 Å². The molecular formula is C16H19N3O3S. The molecule has 23 heavy (non-hydrogen) atoms. The van der Waals surface area contributed by atoms with Crippen LogP contribution in [0, 0.1) is 6.92 Å². The van der Waals surface area contributed by atoms with E-state index in [1.165, 1.54) is 11.8 Å². The Hall–Kier alpha value is -2.28. The second-order valence-corrected chi connectivity index (χ2v) is 5.46. The lowest BCUT2D eigenvalue weighted by Gasteiger charge is -2.13. The van der Waals surface area contributed by atoms with Crippen LogP contribution in [0.4, 0.5) is 0 Å². The van der Waals surface area contributed by atoms with Gasteiger partial charge in [-0.3, -0.25) is 4.79 Å². The number of nitrogens with one attached hydrogen (secondary N) is 1. The van der Waals surface area contributed by atoms with Crippen LogP contribution in [-0.4, -0.2) is 36.4 Å². The first-order valence-corrected chi connectivity index (χ1v) is 8.18. The fourth-order valence-electron chi connectivity index (χ4n) is 2.13. The zero-order chi connectivity index (χ0) is 16.8. The smallest absolute Gasteiger partial charge is 0.254 e. The molecule has 0 aliphatic heterocycles. The van der Waals surface area contributed by atoms with E-state index in [1.807, 2.05) is 24.5 Å². The van der Waals surface area contributed by atoms with E-state index in [9.17, 15) is 4.79 Å². The number of thioether (sulfide) groups is 1. The number of amides is 1. The number of carbonyl (C=O) groups is 1. The molecule has 0 unspecified atom stereocenters. The molecule has 6 nitrogen and oxygen atoms in total. The van der Waals surface area contributed by atoms with Gasteiger partial charge in [0.25, 0.3) is 5.91 Å². The number of rotatable bonds is 6. The number of hydrogen-bond acceptors (Lipinski definition) is 6. The van der Waals surface area contributed by atoms with Crippen molar-refractivity contribution >= 4 is 17.7 Å². The maximum atomic E-state index is 12.3. The predicted octanol–water partition coefficient (Wildman–Crippen LogP) is 2.45. The third kappa shape index (κ3) is 3.92. The van der Waals surface area contributed by atoms with Gasteiger partial charge in [0.1, 0.15) is 0 Å². The summed E-state index contributed by atoms with van der Waals surface area (Å²) in [4.78, 5) is 20.7. The van der Waals surface area contributed by atoms with E-state index in [2.05, 4.69) is 15.3 Å². The molecule has 0 fully saturated rings. The van der Waals surface area contributed by atoms with E-state index < -0.39 is 0 Å². The second kappa shape index (κ2) is 7.82. The van der Waals surface area contributed by atoms with E-state index in [0.29, 0.717) is 34.5 Å². The Labute approximate surface area is 139 Å². The number of aromatic nitrogens is 2. The normalized spacial score (nSPS) is 10.3. The quantitative estimate of drug-likeness (QED) is 0.647. The maximum Gasteiger partial charge on any atom is 0.254 e. The fourth-order valence-corrected chi connectivity index (χ4v) is 2.52. The molecule has 2 aromatic rings. The summed E-state index contributed by atoms with van der Waals surface area (Å²) in [6.45, 7) is 2.12. The van der Waals surface area contributed by atoms with Crippen molar-refractivity contribution in [1.82, 2.24) is 15.3 Å². The summed E-state index contributed by atoms with van der Waals surface area (Å²) in [6.07, 6.45) is 3.44. The monoisotopic (exact) mass is 333 g/mol. The first-order chi connectivity index (χ1) is 11.1. The van der Waals surface area contributed by atoms with Gasteiger partial charge in [-0.1, -0.05) is 23.9 Å². The molecule has 0 aliphatic carbocycles. The van der Waals surface area contributed by atoms with Crippen molar-refractivity contribution in [3.63, 3.8) is 0 Å². The van der Waals surface area contributed by atoms with E-state index in [4.69, 9.17) is 9.47 Å². The van der Waals surface area contributed by atoms with Crippen LogP contribution in [0.2, 0.25) is 0 Å². The summed E-state index contributed by atoms with van der Waals surface area (Å²) < 4.78 is 10.6. The van der Waals surface area contributed by atoms with E-state index in [-0.39, 0.29) is 5.91 Å². The van der Waals surface area contributed by atoms with Crippen LogP contribution in [0.5, 0.6) is 11.5 Å². The zero-order valence-corrected chi connectivity index (χ0v) is 14.4. The van der Waals surface area contributed by atoms with Gasteiger partial charge in [0.2, 0.25) is 0 Å². The van der Waals surface area contributed by atoms with Gasteiger partial charge in [0.15, 0.2) is 16.7 Å². The number of carbonyl (C=O) groups excluding carboxylic acids is 1. The van der Waals surface area contributed by atoms with E-state index >= 15 is 0 Å². The Kier molecular flexibility index (Phi) is 5.81. The molecule has 1 amide bonds. The molecule has 0 aliphatic rings. The van der Waals surface area contributed by atoms with Gasteiger partial charge in [-0.05, 0) is 19.2 Å². The molecule has 1 aromatic heterocycles. The molecule has 0 spiro atoms. The van der Waals surface area contributed by atoms with Crippen molar-refractivity contribution in [1.29, 1.82) is 0 Å². The van der Waals surface area contributed by atoms with Crippen LogP contribution in [0.1, 0.15) is 21.6 Å². The van der Waals surface area contributed by atoms with Crippen molar-refractivity contribution in [2.24, 2.45) is 0 Å². The molecule has 1 N–H and O–H groups in total. The van der Waals surface area contributed by atoms with Gasteiger partial charge < -0.3 is 14.8 Å². The molecule has 0 radical (unpaired) electrons. The lowest BCUT2D eigenvalue weighted by molar-refractivity contribution is 0.0949. The highest BCUT2D eigenvalue weighted by molar-refractivity contribution is 7.98. The topological polar surface area (TPSA) is 73.3 Å². The van der Waals surface area contributed by atoms with Gasteiger partial charge in [-0.25, -0.2) is 9.97 Å². The predicted molar refractivity (Wildman–Crippen MR) is 89.3 cm³/mol. The molecule has 0 bridgehead atoms. The lowest BCUT2D eigenvalue weighted by atomic mass is 10.1. The number of ether oxygens (including phenoxy) is 2. The van der Waals surface area contributed by atoms with Gasteiger partial charge >= 0.3 is 0 Å². The lowest BCUT2D eigenvalue weighted by Crippen LogP contribution is -2.24. The van der Waals surface area contributed by atoms with E-state index in [1.54, 1.807) is 27.3 Å². The molecule has 1 aromatic carbocycles. The number of hydrogen-bond donors (Lipinski definition) is 1. The SMILES string of the molecule is COc1cccc(CNC(=O)c2cnc(SC)nc2C)c1OC. The van der Waals surface area contributed by atoms with Crippen LogP contribution in [0.25, 0.3) is 0 Å². The van der Waals surface area contributed by atoms with Crippen molar-refractivity contribution in [3.8, 4) is 11.5 Å². The van der Waals surface area contributed by atoms with Crippen molar-refractivity contribution in [2.45, 2.75) is 18.6 Å². The van der Waals surface area contributed by atoms with Crippen LogP contribution < -0.4 is 14.8 Å². The third-order valence-corrected chi connectivity index (χ3v) is 3.87. The fraction of sp³-hybridized carbons (Fsp3) is 0.312. The first-order valence-electron chi connectivity index (χ1n) is 6.96. The molecule has 0 saturated heterocycles. The molecule has 0 saturated carbocycles. The minimum absolute atomic E-state index is 0.222. The van der Waals surface area contributed by atoms with Gasteiger partial charge in [-0.15, -0.1) is 0 Å². The minimum atomic E-state index is -0.222. The number of benzene rings is 1. The summed E-state index contributed by atoms with van der Waals surface area (Å²) >= 11 is 1.44. The summed E-state index contributed by atoms with van der Waals surface area (Å²) in [7, 11) is 3.15. The van der Waals surface area contributed by atoms with Crippen molar-refractivity contribution in [2.75, 3.05) is 20.5 Å². The zero-order valence-electron chi connectivity index (χ0n) is 13.5. The minimum Gasteiger partial charge on any atom is -0.493 e. The Morgan fingerprint density at radius 3 is 2.70 bits per heavy atom. The Morgan fingerprint density at radius 1 is 1.30 bits per heavy atom. The Morgan fingerprint density at radius 2 is 2.09 bits per heavy atom. The van der Waals surface area contributed by atoms with Crippen LogP contribution in [0.15, 0.2) is 29.6 Å². The van der Waals surface area contributed by atoms with Gasteiger partial charge in [0, 0.05) is 18.3 Å². The largest absolute Gasteiger partial charge is 0.493 e. The number of methoxy groups -OCH3 is 2. The summed E-state index contributed by atoms with van der Waals surface area (Å²) in [5.74, 6) is 1.02. The molecule has 0 atom stereocenters. The number of nitrogens with zero attached hydrogens (tertiary/aromatic N) is 2. The third-order valence-electron chi connectivity index (χ3n) is 3.31. The molecule has 7 heteroatoms. The Balaban J connectivity index is 2.13. The molecule has 122 valence electrons. The summed E-state index contributed by atoms with van der Waals surface area (Å²) in [6, 6.07) is 5.54. The van der Waals surface area contributed by atoms with E-state index in [0.717, 1.165) is 5.56 Å². The van der Waals surface area contributed by atoms with Crippen molar-refractivity contribution in [3.05, 3.63) is 41.2 Å². The Bertz CT molecular complexity index is 707.